The van der Waals surface area contributed by atoms with Crippen LogP contribution in [0.3, 0.4) is 0 Å². The Bertz CT molecular complexity index is 253. The average molecular weight is 310 g/mol. The summed E-state index contributed by atoms with van der Waals surface area (Å²) in [4.78, 5) is 0. The van der Waals surface area contributed by atoms with Gasteiger partial charge in [-0.3, -0.25) is 4.68 Å². The van der Waals surface area contributed by atoms with Crippen molar-refractivity contribution >= 4 is 22.6 Å². The van der Waals surface area contributed by atoms with Crippen molar-refractivity contribution < 1.29 is 9.47 Å². The lowest BCUT2D eigenvalue weighted by atomic mass is 10.4. The Morgan fingerprint density at radius 2 is 2.29 bits per heavy atom. The molecular formula is C9H15IN2O2. The summed E-state index contributed by atoms with van der Waals surface area (Å²) in [5.41, 5.74) is 0. The van der Waals surface area contributed by atoms with Crippen LogP contribution in [0.1, 0.15) is 6.42 Å². The van der Waals surface area contributed by atoms with Crippen LogP contribution in [0.4, 0.5) is 0 Å². The molecule has 1 aromatic heterocycles. The predicted octanol–water partition coefficient (Wildman–Crippen LogP) is 1.54. The molecule has 1 rings (SSSR count). The van der Waals surface area contributed by atoms with Gasteiger partial charge in [0.2, 0.25) is 0 Å². The highest BCUT2D eigenvalue weighted by Crippen LogP contribution is 1.99. The normalized spacial score (nSPS) is 10.7. The van der Waals surface area contributed by atoms with E-state index in [1.165, 1.54) is 0 Å². The van der Waals surface area contributed by atoms with Crippen molar-refractivity contribution in [2.75, 3.05) is 26.9 Å². The number of methoxy groups -OCH3 is 1. The lowest BCUT2D eigenvalue weighted by Gasteiger charge is -2.03. The summed E-state index contributed by atoms with van der Waals surface area (Å²) in [6, 6.07) is 1.99. The van der Waals surface area contributed by atoms with E-state index in [-0.39, 0.29) is 0 Å². The maximum atomic E-state index is 5.33. The molecule has 0 aliphatic rings. The van der Waals surface area contributed by atoms with Crippen LogP contribution in [0, 0.1) is 3.70 Å². The van der Waals surface area contributed by atoms with Crippen molar-refractivity contribution in [1.82, 2.24) is 9.78 Å². The van der Waals surface area contributed by atoms with Gasteiger partial charge < -0.3 is 9.47 Å². The maximum absolute atomic E-state index is 5.33. The average Bonchev–Trinajstić information content (AvgIpc) is 2.58. The van der Waals surface area contributed by atoms with Crippen molar-refractivity contribution in [1.29, 1.82) is 0 Å². The van der Waals surface area contributed by atoms with E-state index in [4.69, 9.17) is 9.47 Å². The van der Waals surface area contributed by atoms with E-state index in [2.05, 4.69) is 27.7 Å². The van der Waals surface area contributed by atoms with Crippen molar-refractivity contribution in [2.24, 2.45) is 0 Å². The van der Waals surface area contributed by atoms with Crippen molar-refractivity contribution in [3.63, 3.8) is 0 Å². The van der Waals surface area contributed by atoms with Crippen LogP contribution in [0.25, 0.3) is 0 Å². The Balaban J connectivity index is 1.99. The first-order valence-corrected chi connectivity index (χ1v) is 5.66. The Morgan fingerprint density at radius 3 is 2.93 bits per heavy atom. The van der Waals surface area contributed by atoms with Gasteiger partial charge in [0.05, 0.1) is 13.2 Å². The van der Waals surface area contributed by atoms with Crippen molar-refractivity contribution in [2.45, 2.75) is 13.0 Å². The number of aromatic nitrogens is 2. The lowest BCUT2D eigenvalue weighted by molar-refractivity contribution is 0.0677. The van der Waals surface area contributed by atoms with Gasteiger partial charge in [-0.05, 0) is 35.1 Å². The SMILES string of the molecule is COCCOCCCn1ccc(I)n1. The zero-order valence-electron chi connectivity index (χ0n) is 8.28. The van der Waals surface area contributed by atoms with Crippen LogP contribution in [0.15, 0.2) is 12.3 Å². The molecule has 0 bridgehead atoms. The molecule has 0 N–H and O–H groups in total. The molecule has 14 heavy (non-hydrogen) atoms. The zero-order valence-corrected chi connectivity index (χ0v) is 10.4. The fraction of sp³-hybridized carbons (Fsp3) is 0.667. The Hall–Kier alpha value is -0.140. The molecule has 0 atom stereocenters. The van der Waals surface area contributed by atoms with Gasteiger partial charge in [0.15, 0.2) is 0 Å². The molecule has 0 aliphatic carbocycles. The summed E-state index contributed by atoms with van der Waals surface area (Å²) in [6.45, 7) is 3.02. The fourth-order valence-electron chi connectivity index (χ4n) is 1.03. The molecule has 80 valence electrons. The van der Waals surface area contributed by atoms with E-state index >= 15 is 0 Å². The second-order valence-electron chi connectivity index (χ2n) is 2.86. The number of hydrogen-bond donors (Lipinski definition) is 0. The molecule has 1 heterocycles. The van der Waals surface area contributed by atoms with Crippen LogP contribution in [0.2, 0.25) is 0 Å². The third-order valence-corrected chi connectivity index (χ3v) is 2.29. The standard InChI is InChI=1S/C9H15IN2O2/c1-13-7-8-14-6-2-4-12-5-3-9(10)11-12/h3,5H,2,4,6-8H2,1H3. The molecule has 1 aromatic rings. The third kappa shape index (κ3) is 4.92. The predicted molar refractivity (Wildman–Crippen MR) is 62.3 cm³/mol. The van der Waals surface area contributed by atoms with Gasteiger partial charge in [-0.1, -0.05) is 0 Å². The van der Waals surface area contributed by atoms with Gasteiger partial charge in [-0.25, -0.2) is 0 Å². The van der Waals surface area contributed by atoms with E-state index in [9.17, 15) is 0 Å². The minimum Gasteiger partial charge on any atom is -0.382 e. The lowest BCUT2D eigenvalue weighted by Crippen LogP contribution is -2.06. The summed E-state index contributed by atoms with van der Waals surface area (Å²) in [6.07, 6.45) is 2.97. The van der Waals surface area contributed by atoms with E-state index in [0.717, 1.165) is 23.3 Å². The topological polar surface area (TPSA) is 36.3 Å². The molecule has 0 radical (unpaired) electrons. The van der Waals surface area contributed by atoms with Crippen LogP contribution < -0.4 is 0 Å². The molecular weight excluding hydrogens is 295 g/mol. The molecule has 0 saturated carbocycles. The molecule has 0 fully saturated rings. The first-order chi connectivity index (χ1) is 6.83. The minimum atomic E-state index is 0.666. The van der Waals surface area contributed by atoms with E-state index < -0.39 is 0 Å². The van der Waals surface area contributed by atoms with Gasteiger partial charge in [-0.2, -0.15) is 5.10 Å². The van der Waals surface area contributed by atoms with Crippen LogP contribution in [-0.4, -0.2) is 36.7 Å². The van der Waals surface area contributed by atoms with Gasteiger partial charge in [-0.15, -0.1) is 0 Å². The van der Waals surface area contributed by atoms with Crippen LogP contribution in [-0.2, 0) is 16.0 Å². The molecule has 0 saturated heterocycles. The van der Waals surface area contributed by atoms with Crippen LogP contribution in [0.5, 0.6) is 0 Å². The monoisotopic (exact) mass is 310 g/mol. The highest BCUT2D eigenvalue weighted by Gasteiger charge is 1.94. The zero-order chi connectivity index (χ0) is 10.2. The first kappa shape index (κ1) is 11.9. The third-order valence-electron chi connectivity index (χ3n) is 1.72. The summed E-state index contributed by atoms with van der Waals surface area (Å²) < 4.78 is 13.2. The maximum Gasteiger partial charge on any atom is 0.123 e. The molecule has 0 spiro atoms. The van der Waals surface area contributed by atoms with Gasteiger partial charge >= 0.3 is 0 Å². The Morgan fingerprint density at radius 1 is 1.43 bits per heavy atom. The number of rotatable bonds is 7. The van der Waals surface area contributed by atoms with Crippen molar-refractivity contribution in [3.8, 4) is 0 Å². The summed E-state index contributed by atoms with van der Waals surface area (Å²) in [5, 5.41) is 4.27. The summed E-state index contributed by atoms with van der Waals surface area (Å²) in [7, 11) is 1.68. The fourth-order valence-corrected chi connectivity index (χ4v) is 1.47. The highest BCUT2D eigenvalue weighted by molar-refractivity contribution is 14.1. The second-order valence-corrected chi connectivity index (χ2v) is 3.97. The summed E-state index contributed by atoms with van der Waals surface area (Å²) >= 11 is 2.20. The molecule has 4 nitrogen and oxygen atoms in total. The number of aryl methyl sites for hydroxylation is 1. The molecule has 5 heteroatoms. The number of halogens is 1. The largest absolute Gasteiger partial charge is 0.382 e. The Kier molecular flexibility index (Phi) is 6.13. The summed E-state index contributed by atoms with van der Waals surface area (Å²) in [5.74, 6) is 0. The van der Waals surface area contributed by atoms with E-state index in [0.29, 0.717) is 13.2 Å². The van der Waals surface area contributed by atoms with E-state index in [1.807, 2.05) is 16.9 Å². The van der Waals surface area contributed by atoms with E-state index in [1.54, 1.807) is 7.11 Å². The Labute approximate surface area is 97.7 Å². The number of hydrogen-bond acceptors (Lipinski definition) is 3. The molecule has 0 aromatic carbocycles. The van der Waals surface area contributed by atoms with Crippen molar-refractivity contribution in [3.05, 3.63) is 16.0 Å². The van der Waals surface area contributed by atoms with Gasteiger partial charge in [0.1, 0.15) is 3.70 Å². The van der Waals surface area contributed by atoms with Crippen LogP contribution >= 0.6 is 22.6 Å². The first-order valence-electron chi connectivity index (χ1n) is 4.58. The van der Waals surface area contributed by atoms with Gasteiger partial charge in [0.25, 0.3) is 0 Å². The number of ether oxygens (including phenoxy) is 2. The molecule has 0 amide bonds. The molecule has 0 aliphatic heterocycles. The highest BCUT2D eigenvalue weighted by atomic mass is 127. The van der Waals surface area contributed by atoms with Gasteiger partial charge in [0, 0.05) is 26.5 Å². The second kappa shape index (κ2) is 7.19. The minimum absolute atomic E-state index is 0.666. The smallest absolute Gasteiger partial charge is 0.123 e. The molecule has 0 unspecified atom stereocenters. The number of nitrogens with zero attached hydrogens (tertiary/aromatic N) is 2. The quantitative estimate of drug-likeness (QED) is 0.566.